The van der Waals surface area contributed by atoms with E-state index in [-0.39, 0.29) is 24.1 Å². The summed E-state index contributed by atoms with van der Waals surface area (Å²) in [6.45, 7) is 1.99. The lowest BCUT2D eigenvalue weighted by Gasteiger charge is -2.43. The number of halogens is 2. The second kappa shape index (κ2) is 9.36. The fourth-order valence-electron chi connectivity index (χ4n) is 4.13. The van der Waals surface area contributed by atoms with Crippen LogP contribution in [0.5, 0.6) is 0 Å². The molecule has 5 N–H and O–H groups in total. The van der Waals surface area contributed by atoms with Crippen molar-refractivity contribution in [1.82, 2.24) is 16.0 Å². The maximum Gasteiger partial charge on any atom is 0.229 e. The third-order valence-electron chi connectivity index (χ3n) is 5.62. The van der Waals surface area contributed by atoms with E-state index in [0.717, 1.165) is 12.0 Å². The van der Waals surface area contributed by atoms with Gasteiger partial charge in [-0.2, -0.15) is 0 Å². The van der Waals surface area contributed by atoms with E-state index in [4.69, 9.17) is 23.2 Å². The molecule has 2 fully saturated rings. The van der Waals surface area contributed by atoms with Gasteiger partial charge in [-0.1, -0.05) is 48.3 Å². The van der Waals surface area contributed by atoms with E-state index < -0.39 is 24.3 Å². The highest BCUT2D eigenvalue weighted by molar-refractivity contribution is 6.35. The molecule has 3 amide bonds. The average molecular weight is 476 g/mol. The van der Waals surface area contributed by atoms with Gasteiger partial charge in [0, 0.05) is 27.8 Å². The Kier molecular flexibility index (Phi) is 6.55. The molecule has 168 valence electrons. The lowest BCUT2D eigenvalue weighted by atomic mass is 9.81. The molecular formula is C22H23Cl2N5O3. The van der Waals surface area contributed by atoms with Gasteiger partial charge < -0.3 is 21.3 Å². The van der Waals surface area contributed by atoms with Gasteiger partial charge in [-0.3, -0.25) is 19.7 Å². The molecule has 0 aromatic heterocycles. The smallest absolute Gasteiger partial charge is 0.229 e. The summed E-state index contributed by atoms with van der Waals surface area (Å²) in [6.07, 6.45) is -0.731. The van der Waals surface area contributed by atoms with Crippen molar-refractivity contribution >= 4 is 52.3 Å². The number of nitrogens with one attached hydrogen (secondary N) is 5. The molecule has 8 nitrogen and oxygen atoms in total. The van der Waals surface area contributed by atoms with E-state index >= 15 is 0 Å². The fraction of sp³-hybridized carbons (Fsp3) is 0.318. The predicted molar refractivity (Wildman–Crippen MR) is 123 cm³/mol. The minimum atomic E-state index is -0.812. The summed E-state index contributed by atoms with van der Waals surface area (Å²) in [5, 5.41) is 15.6. The van der Waals surface area contributed by atoms with Crippen molar-refractivity contribution in [3.63, 3.8) is 0 Å². The molecule has 2 saturated heterocycles. The minimum absolute atomic E-state index is 0.0710. The van der Waals surface area contributed by atoms with E-state index in [0.29, 0.717) is 21.4 Å². The Bertz CT molecular complexity index is 1040. The first kappa shape index (κ1) is 22.4. The van der Waals surface area contributed by atoms with Gasteiger partial charge in [-0.15, -0.1) is 0 Å². The highest BCUT2D eigenvalue weighted by atomic mass is 35.5. The van der Waals surface area contributed by atoms with E-state index in [2.05, 4.69) is 26.6 Å². The lowest BCUT2D eigenvalue weighted by molar-refractivity contribution is -0.144. The summed E-state index contributed by atoms with van der Waals surface area (Å²) in [7, 11) is 0. The molecule has 0 saturated carbocycles. The van der Waals surface area contributed by atoms with Crippen LogP contribution in [0.1, 0.15) is 18.9 Å². The number of fused-ring (bicyclic) bond motifs is 1. The molecule has 2 aliphatic heterocycles. The summed E-state index contributed by atoms with van der Waals surface area (Å²) in [5.41, 5.74) is 2.25. The number of carbonyl (C=O) groups is 3. The summed E-state index contributed by atoms with van der Waals surface area (Å²) < 4.78 is 0. The van der Waals surface area contributed by atoms with Crippen molar-refractivity contribution in [3.8, 4) is 0 Å². The van der Waals surface area contributed by atoms with Gasteiger partial charge in [0.15, 0.2) is 6.29 Å². The van der Waals surface area contributed by atoms with Gasteiger partial charge in [0.05, 0.1) is 18.0 Å². The molecule has 4 unspecified atom stereocenters. The monoisotopic (exact) mass is 475 g/mol. The minimum Gasteiger partial charge on any atom is -0.353 e. The van der Waals surface area contributed by atoms with Crippen molar-refractivity contribution in [2.45, 2.75) is 32.2 Å². The van der Waals surface area contributed by atoms with E-state index in [1.807, 2.05) is 31.2 Å². The van der Waals surface area contributed by atoms with Crippen LogP contribution in [0, 0.1) is 11.8 Å². The Hall–Kier alpha value is -2.81. The summed E-state index contributed by atoms with van der Waals surface area (Å²) in [5.74, 6) is -2.58. The van der Waals surface area contributed by atoms with Crippen LogP contribution in [-0.2, 0) is 20.8 Å². The maximum atomic E-state index is 13.1. The second-order valence-electron chi connectivity index (χ2n) is 7.79. The normalized spacial score (nSPS) is 24.7. The molecular weight excluding hydrogens is 453 g/mol. The number of rotatable bonds is 5. The average Bonchev–Trinajstić information content (AvgIpc) is 2.72. The number of amides is 3. The van der Waals surface area contributed by atoms with E-state index in [9.17, 15) is 14.4 Å². The Labute approximate surface area is 195 Å². The van der Waals surface area contributed by atoms with E-state index in [1.165, 1.54) is 0 Å². The van der Waals surface area contributed by atoms with Crippen molar-refractivity contribution in [2.75, 3.05) is 10.6 Å². The second-order valence-corrected chi connectivity index (χ2v) is 8.67. The predicted octanol–water partition coefficient (Wildman–Crippen LogP) is 2.69. The van der Waals surface area contributed by atoms with Crippen LogP contribution >= 0.6 is 23.2 Å². The highest BCUT2D eigenvalue weighted by Crippen LogP contribution is 2.29. The first-order chi connectivity index (χ1) is 15.3. The summed E-state index contributed by atoms with van der Waals surface area (Å²) in [6, 6.07) is 12.4. The van der Waals surface area contributed by atoms with Crippen LogP contribution in [0.4, 0.5) is 11.4 Å². The Morgan fingerprint density at radius 1 is 1.09 bits per heavy atom. The molecule has 32 heavy (non-hydrogen) atoms. The Morgan fingerprint density at radius 2 is 1.81 bits per heavy atom. The number of aryl methyl sites for hydroxylation is 1. The van der Waals surface area contributed by atoms with Crippen LogP contribution in [0.25, 0.3) is 0 Å². The first-order valence-electron chi connectivity index (χ1n) is 10.3. The number of para-hydroxylation sites is 1. The Morgan fingerprint density at radius 3 is 2.53 bits per heavy atom. The first-order valence-corrected chi connectivity index (χ1v) is 11.1. The molecule has 4 rings (SSSR count). The molecule has 2 aliphatic rings. The lowest BCUT2D eigenvalue weighted by Crippen LogP contribution is -2.72. The van der Waals surface area contributed by atoms with Crippen molar-refractivity contribution in [2.24, 2.45) is 11.8 Å². The number of hydrogen-bond donors (Lipinski definition) is 5. The highest BCUT2D eigenvalue weighted by Gasteiger charge is 2.48. The molecule has 2 aromatic rings. The van der Waals surface area contributed by atoms with Crippen molar-refractivity contribution in [3.05, 3.63) is 58.1 Å². The third-order valence-corrected chi connectivity index (χ3v) is 6.05. The van der Waals surface area contributed by atoms with Gasteiger partial charge in [-0.25, -0.2) is 0 Å². The third kappa shape index (κ3) is 4.82. The van der Waals surface area contributed by atoms with Gasteiger partial charge in [-0.05, 0) is 36.2 Å². The quantitative estimate of drug-likeness (QED) is 0.456. The number of piperidine rings is 1. The zero-order valence-corrected chi connectivity index (χ0v) is 18.8. The molecule has 10 heteroatoms. The summed E-state index contributed by atoms with van der Waals surface area (Å²) >= 11 is 12.1. The number of carbonyl (C=O) groups excluding carboxylic acids is 3. The largest absolute Gasteiger partial charge is 0.353 e. The Balaban J connectivity index is 1.50. The van der Waals surface area contributed by atoms with Crippen LogP contribution in [0.2, 0.25) is 10.0 Å². The van der Waals surface area contributed by atoms with Gasteiger partial charge >= 0.3 is 0 Å². The number of benzene rings is 2. The topological polar surface area (TPSA) is 111 Å². The van der Waals surface area contributed by atoms with Crippen molar-refractivity contribution < 1.29 is 14.4 Å². The zero-order valence-electron chi connectivity index (χ0n) is 17.2. The molecule has 0 aliphatic carbocycles. The SMILES string of the molecule is CCc1ccccc1NC(=O)C1CC(=O)NC2NC(Nc3cc(Cl)cc(Cl)c3)NC(=O)C21. The molecule has 2 aromatic carbocycles. The van der Waals surface area contributed by atoms with Gasteiger partial charge in [0.1, 0.15) is 0 Å². The van der Waals surface area contributed by atoms with Gasteiger partial charge in [0.2, 0.25) is 17.7 Å². The molecule has 4 atom stereocenters. The van der Waals surface area contributed by atoms with E-state index in [1.54, 1.807) is 18.2 Å². The summed E-state index contributed by atoms with van der Waals surface area (Å²) in [4.78, 5) is 38.4. The molecule has 0 radical (unpaired) electrons. The molecule has 0 bridgehead atoms. The number of anilines is 2. The van der Waals surface area contributed by atoms with Crippen LogP contribution in [0.3, 0.4) is 0 Å². The van der Waals surface area contributed by atoms with Crippen LogP contribution in [0.15, 0.2) is 42.5 Å². The van der Waals surface area contributed by atoms with Crippen LogP contribution in [-0.4, -0.2) is 30.2 Å². The van der Waals surface area contributed by atoms with Crippen LogP contribution < -0.4 is 26.6 Å². The standard InChI is InChI=1S/C22H23Cl2N5O3/c1-2-11-5-3-4-6-16(11)26-20(31)15-10-17(30)27-19-18(15)21(32)29-22(28-19)25-14-8-12(23)7-13(24)9-14/h3-9,15,18-19,22,25,28H,2,10H2,1H3,(H,26,31)(H,27,30)(H,29,32). The fourth-order valence-corrected chi connectivity index (χ4v) is 4.66. The number of hydrogen-bond acceptors (Lipinski definition) is 5. The zero-order chi connectivity index (χ0) is 22.8. The van der Waals surface area contributed by atoms with Gasteiger partial charge in [0.25, 0.3) is 0 Å². The molecule has 2 heterocycles. The van der Waals surface area contributed by atoms with Crippen molar-refractivity contribution in [1.29, 1.82) is 0 Å². The molecule has 0 spiro atoms. The maximum absolute atomic E-state index is 13.1.